The Morgan fingerprint density at radius 1 is 1.53 bits per heavy atom. The van der Waals surface area contributed by atoms with Crippen molar-refractivity contribution in [1.82, 2.24) is 0 Å². The number of rotatable bonds is 2. The third kappa shape index (κ3) is 1.90. The second-order valence-corrected chi connectivity index (χ2v) is 3.70. The first-order valence-electron chi connectivity index (χ1n) is 5.04. The first kappa shape index (κ1) is 9.87. The number of azide groups is 1. The Balaban J connectivity index is 2.31. The van der Waals surface area contributed by atoms with Gasteiger partial charge in [-0.15, -0.1) is 0 Å². The highest BCUT2D eigenvalue weighted by Gasteiger charge is 2.19. The summed E-state index contributed by atoms with van der Waals surface area (Å²) in [6, 6.07) is 6.15. The van der Waals surface area contributed by atoms with E-state index in [1.807, 2.05) is 12.1 Å². The normalized spacial score (nSPS) is 18.9. The molecule has 0 N–H and O–H groups in total. The summed E-state index contributed by atoms with van der Waals surface area (Å²) in [4.78, 5) is 2.87. The molecule has 0 fully saturated rings. The summed E-state index contributed by atoms with van der Waals surface area (Å²) in [5, 5.41) is 3.78. The Morgan fingerprint density at radius 3 is 3.13 bits per heavy atom. The Bertz CT molecular complexity index is 410. The van der Waals surface area contributed by atoms with Gasteiger partial charge in [-0.2, -0.15) is 0 Å². The predicted octanol–water partition coefficient (Wildman–Crippen LogP) is 2.86. The van der Waals surface area contributed by atoms with E-state index in [0.29, 0.717) is 0 Å². The van der Waals surface area contributed by atoms with Crippen LogP contribution in [-0.4, -0.2) is 13.2 Å². The third-order valence-electron chi connectivity index (χ3n) is 2.85. The highest BCUT2D eigenvalue weighted by atomic mass is 16.5. The Labute approximate surface area is 88.5 Å². The number of ether oxygens (including phenoxy) is 1. The lowest BCUT2D eigenvalue weighted by Crippen LogP contribution is -2.17. The van der Waals surface area contributed by atoms with Crippen LogP contribution in [0.1, 0.15) is 17.5 Å². The lowest BCUT2D eigenvalue weighted by atomic mass is 9.88. The molecule has 2 rings (SSSR count). The second-order valence-electron chi connectivity index (χ2n) is 3.70. The topological polar surface area (TPSA) is 58.0 Å². The van der Waals surface area contributed by atoms with Gasteiger partial charge in [-0.1, -0.05) is 17.2 Å². The van der Waals surface area contributed by atoms with Crippen molar-refractivity contribution in [3.63, 3.8) is 0 Å². The van der Waals surface area contributed by atoms with Gasteiger partial charge in [0, 0.05) is 11.0 Å². The molecular weight excluding hydrogens is 190 g/mol. The van der Waals surface area contributed by atoms with Crippen LogP contribution >= 0.6 is 0 Å². The van der Waals surface area contributed by atoms with Gasteiger partial charge in [0.1, 0.15) is 5.75 Å². The van der Waals surface area contributed by atoms with Crippen LogP contribution in [0.4, 0.5) is 0 Å². The monoisotopic (exact) mass is 203 g/mol. The Hall–Kier alpha value is -1.67. The van der Waals surface area contributed by atoms with Gasteiger partial charge < -0.3 is 4.74 Å². The van der Waals surface area contributed by atoms with Crippen molar-refractivity contribution in [2.24, 2.45) is 5.11 Å². The molecule has 0 spiro atoms. The van der Waals surface area contributed by atoms with Crippen molar-refractivity contribution in [1.29, 1.82) is 0 Å². The van der Waals surface area contributed by atoms with Gasteiger partial charge in [0.15, 0.2) is 0 Å². The van der Waals surface area contributed by atoms with Crippen molar-refractivity contribution in [3.8, 4) is 5.75 Å². The molecule has 0 heterocycles. The molecule has 0 unspecified atom stereocenters. The largest absolute Gasteiger partial charge is 0.496 e. The van der Waals surface area contributed by atoms with Crippen molar-refractivity contribution in [2.45, 2.75) is 25.3 Å². The van der Waals surface area contributed by atoms with Crippen LogP contribution in [-0.2, 0) is 12.8 Å². The predicted molar refractivity (Wildman–Crippen MR) is 58.0 cm³/mol. The molecule has 4 nitrogen and oxygen atoms in total. The molecule has 0 amide bonds. The van der Waals surface area contributed by atoms with E-state index in [-0.39, 0.29) is 6.04 Å². The quantitative estimate of drug-likeness (QED) is 0.414. The molecule has 1 aromatic carbocycles. The van der Waals surface area contributed by atoms with E-state index < -0.39 is 0 Å². The molecule has 15 heavy (non-hydrogen) atoms. The van der Waals surface area contributed by atoms with Gasteiger partial charge in [0.05, 0.1) is 7.11 Å². The second kappa shape index (κ2) is 4.24. The summed E-state index contributed by atoms with van der Waals surface area (Å²) in [6.45, 7) is 0. The van der Waals surface area contributed by atoms with Crippen LogP contribution in [0.5, 0.6) is 5.75 Å². The fraction of sp³-hybridized carbons (Fsp3) is 0.455. The molecular formula is C11H13N3O. The first-order chi connectivity index (χ1) is 7.35. The van der Waals surface area contributed by atoms with Crippen LogP contribution in [0.3, 0.4) is 0 Å². The van der Waals surface area contributed by atoms with Crippen LogP contribution < -0.4 is 4.74 Å². The molecule has 4 heteroatoms. The van der Waals surface area contributed by atoms with Gasteiger partial charge in [-0.3, -0.25) is 0 Å². The summed E-state index contributed by atoms with van der Waals surface area (Å²) in [6.07, 6.45) is 2.68. The van der Waals surface area contributed by atoms with Crippen molar-refractivity contribution < 1.29 is 4.74 Å². The van der Waals surface area contributed by atoms with Gasteiger partial charge in [0.25, 0.3) is 0 Å². The average Bonchev–Trinajstić information content (AvgIpc) is 2.28. The van der Waals surface area contributed by atoms with E-state index in [0.717, 1.165) is 25.0 Å². The summed E-state index contributed by atoms with van der Waals surface area (Å²) in [7, 11) is 1.69. The van der Waals surface area contributed by atoms with Crippen LogP contribution in [0, 0.1) is 0 Å². The van der Waals surface area contributed by atoms with Crippen molar-refractivity contribution in [2.75, 3.05) is 7.11 Å². The lowest BCUT2D eigenvalue weighted by Gasteiger charge is -2.22. The third-order valence-corrected chi connectivity index (χ3v) is 2.85. The molecule has 1 aliphatic rings. The molecule has 0 saturated heterocycles. The van der Waals surface area contributed by atoms with E-state index in [1.54, 1.807) is 7.11 Å². The Morgan fingerprint density at radius 2 is 2.40 bits per heavy atom. The fourth-order valence-corrected chi connectivity index (χ4v) is 2.12. The lowest BCUT2D eigenvalue weighted by molar-refractivity contribution is 0.404. The molecule has 1 aliphatic carbocycles. The summed E-state index contributed by atoms with van der Waals surface area (Å²) < 4.78 is 5.30. The van der Waals surface area contributed by atoms with E-state index in [1.165, 1.54) is 11.1 Å². The van der Waals surface area contributed by atoms with E-state index in [4.69, 9.17) is 10.3 Å². The van der Waals surface area contributed by atoms with Gasteiger partial charge >= 0.3 is 0 Å². The van der Waals surface area contributed by atoms with Gasteiger partial charge in [0.2, 0.25) is 0 Å². The molecule has 0 saturated carbocycles. The standard InChI is InChI=1S/C11H13N3O/c1-15-11-4-2-3-8-7-9(13-14-12)5-6-10(8)11/h2-4,9H,5-7H2,1H3/t9-/m1/s1. The van der Waals surface area contributed by atoms with Crippen LogP contribution in [0.15, 0.2) is 23.3 Å². The van der Waals surface area contributed by atoms with Crippen LogP contribution in [0.25, 0.3) is 10.4 Å². The highest BCUT2D eigenvalue weighted by Crippen LogP contribution is 2.30. The maximum absolute atomic E-state index is 8.40. The zero-order chi connectivity index (χ0) is 10.7. The molecule has 78 valence electrons. The maximum atomic E-state index is 8.40. The minimum absolute atomic E-state index is 0.106. The van der Waals surface area contributed by atoms with Crippen LogP contribution in [0.2, 0.25) is 0 Å². The molecule has 0 radical (unpaired) electrons. The average molecular weight is 203 g/mol. The first-order valence-corrected chi connectivity index (χ1v) is 5.04. The van der Waals surface area contributed by atoms with Crippen molar-refractivity contribution >= 4 is 0 Å². The zero-order valence-corrected chi connectivity index (χ0v) is 8.68. The zero-order valence-electron chi connectivity index (χ0n) is 8.68. The smallest absolute Gasteiger partial charge is 0.122 e. The number of benzene rings is 1. The summed E-state index contributed by atoms with van der Waals surface area (Å²) in [5.41, 5.74) is 10.9. The number of hydrogen-bond donors (Lipinski definition) is 0. The maximum Gasteiger partial charge on any atom is 0.122 e. The van der Waals surface area contributed by atoms with E-state index in [9.17, 15) is 0 Å². The number of methoxy groups -OCH3 is 1. The highest BCUT2D eigenvalue weighted by molar-refractivity contribution is 5.42. The number of nitrogens with zero attached hydrogens (tertiary/aromatic N) is 3. The van der Waals surface area contributed by atoms with E-state index >= 15 is 0 Å². The van der Waals surface area contributed by atoms with Gasteiger partial charge in [-0.25, -0.2) is 0 Å². The molecule has 1 atom stereocenters. The fourth-order valence-electron chi connectivity index (χ4n) is 2.12. The summed E-state index contributed by atoms with van der Waals surface area (Å²) >= 11 is 0. The Kier molecular flexibility index (Phi) is 2.79. The number of fused-ring (bicyclic) bond motifs is 1. The SMILES string of the molecule is COc1cccc2c1CC[C@@H](N=[N+]=[N-])C2. The molecule has 0 aromatic heterocycles. The molecule has 0 aliphatic heterocycles. The minimum atomic E-state index is 0.106. The van der Waals surface area contributed by atoms with E-state index in [2.05, 4.69) is 16.1 Å². The van der Waals surface area contributed by atoms with Crippen molar-refractivity contribution in [3.05, 3.63) is 39.8 Å². The minimum Gasteiger partial charge on any atom is -0.496 e. The summed E-state index contributed by atoms with van der Waals surface area (Å²) in [5.74, 6) is 0.951. The molecule has 0 bridgehead atoms. The number of hydrogen-bond acceptors (Lipinski definition) is 2. The molecule has 1 aromatic rings. The van der Waals surface area contributed by atoms with Gasteiger partial charge in [-0.05, 0) is 42.0 Å².